The Labute approximate surface area is 111 Å². The van der Waals surface area contributed by atoms with Gasteiger partial charge in [0.15, 0.2) is 0 Å². The second-order valence-corrected chi connectivity index (χ2v) is 4.43. The van der Waals surface area contributed by atoms with Gasteiger partial charge in [0.1, 0.15) is 11.5 Å². The van der Waals surface area contributed by atoms with Gasteiger partial charge in [-0.3, -0.25) is 0 Å². The highest BCUT2D eigenvalue weighted by molar-refractivity contribution is 6.32. The first kappa shape index (κ1) is 13.1. The van der Waals surface area contributed by atoms with E-state index in [4.69, 9.17) is 11.6 Å². The molecule has 96 valence electrons. The number of imidazole rings is 1. The molecule has 0 spiro atoms. The number of aromatic nitrogens is 2. The molecular weight excluding hydrogens is 253 g/mol. The summed E-state index contributed by atoms with van der Waals surface area (Å²) in [5.41, 5.74) is 1.20. The standard InChI is InChI=1S/C13H15ClFN3/c1-2-6-16-7-10-8-18(9-17-10)13-11(14)4-3-5-12(13)15/h3-5,8-9,16H,2,6-7H2,1H3. The van der Waals surface area contributed by atoms with Crippen molar-refractivity contribution in [3.8, 4) is 5.69 Å². The van der Waals surface area contributed by atoms with Crippen LogP contribution in [0.25, 0.3) is 5.69 Å². The van der Waals surface area contributed by atoms with Crippen molar-refractivity contribution in [3.05, 3.63) is 47.3 Å². The lowest BCUT2D eigenvalue weighted by Crippen LogP contribution is -2.13. The molecule has 0 unspecified atom stereocenters. The van der Waals surface area contributed by atoms with Gasteiger partial charge in [-0.05, 0) is 25.1 Å². The maximum absolute atomic E-state index is 13.7. The lowest BCUT2D eigenvalue weighted by molar-refractivity contribution is 0.618. The first-order chi connectivity index (χ1) is 8.72. The molecule has 0 radical (unpaired) electrons. The summed E-state index contributed by atoms with van der Waals surface area (Å²) in [7, 11) is 0. The largest absolute Gasteiger partial charge is 0.311 e. The highest BCUT2D eigenvalue weighted by Crippen LogP contribution is 2.23. The van der Waals surface area contributed by atoms with E-state index in [-0.39, 0.29) is 5.82 Å². The number of para-hydroxylation sites is 1. The van der Waals surface area contributed by atoms with E-state index < -0.39 is 0 Å². The smallest absolute Gasteiger partial charge is 0.148 e. The number of rotatable bonds is 5. The van der Waals surface area contributed by atoms with Crippen molar-refractivity contribution >= 4 is 11.6 Å². The Morgan fingerprint density at radius 2 is 2.28 bits per heavy atom. The minimum absolute atomic E-state index is 0.341. The average Bonchev–Trinajstić information content (AvgIpc) is 2.78. The van der Waals surface area contributed by atoms with E-state index >= 15 is 0 Å². The maximum Gasteiger partial charge on any atom is 0.148 e. The van der Waals surface area contributed by atoms with Gasteiger partial charge in [0.25, 0.3) is 0 Å². The molecule has 1 aromatic carbocycles. The van der Waals surface area contributed by atoms with Gasteiger partial charge < -0.3 is 9.88 Å². The van der Waals surface area contributed by atoms with E-state index in [1.807, 2.05) is 0 Å². The van der Waals surface area contributed by atoms with E-state index in [1.165, 1.54) is 6.07 Å². The van der Waals surface area contributed by atoms with Gasteiger partial charge in [-0.2, -0.15) is 0 Å². The van der Waals surface area contributed by atoms with Crippen LogP contribution < -0.4 is 5.32 Å². The van der Waals surface area contributed by atoms with Crippen molar-refractivity contribution in [1.82, 2.24) is 14.9 Å². The Hall–Kier alpha value is -1.39. The second-order valence-electron chi connectivity index (χ2n) is 4.02. The summed E-state index contributed by atoms with van der Waals surface area (Å²) in [6, 6.07) is 4.63. The topological polar surface area (TPSA) is 29.9 Å². The minimum Gasteiger partial charge on any atom is -0.311 e. The molecule has 0 amide bonds. The third kappa shape index (κ3) is 2.89. The van der Waals surface area contributed by atoms with Gasteiger partial charge in [0, 0.05) is 12.7 Å². The summed E-state index contributed by atoms with van der Waals surface area (Å²) in [6.07, 6.45) is 4.43. The molecule has 0 atom stereocenters. The molecule has 2 rings (SSSR count). The maximum atomic E-state index is 13.7. The Morgan fingerprint density at radius 3 is 3.00 bits per heavy atom. The summed E-state index contributed by atoms with van der Waals surface area (Å²) in [5, 5.41) is 3.62. The predicted octanol–water partition coefficient (Wildman–Crippen LogP) is 3.16. The molecule has 3 nitrogen and oxygen atoms in total. The van der Waals surface area contributed by atoms with Crippen LogP contribution in [0.4, 0.5) is 4.39 Å². The highest BCUT2D eigenvalue weighted by atomic mass is 35.5. The zero-order valence-electron chi connectivity index (χ0n) is 10.2. The molecule has 0 bridgehead atoms. The molecule has 0 saturated heterocycles. The monoisotopic (exact) mass is 267 g/mol. The number of hydrogen-bond acceptors (Lipinski definition) is 2. The summed E-state index contributed by atoms with van der Waals surface area (Å²) in [6.45, 7) is 3.71. The molecule has 0 aliphatic heterocycles. The van der Waals surface area contributed by atoms with Gasteiger partial charge in [0.2, 0.25) is 0 Å². The van der Waals surface area contributed by atoms with E-state index in [2.05, 4.69) is 17.2 Å². The lowest BCUT2D eigenvalue weighted by atomic mass is 10.3. The minimum atomic E-state index is -0.354. The van der Waals surface area contributed by atoms with Gasteiger partial charge >= 0.3 is 0 Å². The third-order valence-corrected chi connectivity index (χ3v) is 2.87. The van der Waals surface area contributed by atoms with Gasteiger partial charge in [-0.1, -0.05) is 24.6 Å². The average molecular weight is 268 g/mol. The van der Waals surface area contributed by atoms with Crippen LogP contribution in [0, 0.1) is 5.82 Å². The second kappa shape index (κ2) is 5.98. The van der Waals surface area contributed by atoms with E-state index in [9.17, 15) is 4.39 Å². The molecule has 1 heterocycles. The third-order valence-electron chi connectivity index (χ3n) is 2.56. The quantitative estimate of drug-likeness (QED) is 0.844. The number of halogens is 2. The van der Waals surface area contributed by atoms with Crippen molar-refractivity contribution in [2.24, 2.45) is 0 Å². The van der Waals surface area contributed by atoms with Crippen LogP contribution in [0.3, 0.4) is 0 Å². The SMILES string of the molecule is CCCNCc1cn(-c2c(F)cccc2Cl)cn1. The van der Waals surface area contributed by atoms with Crippen molar-refractivity contribution < 1.29 is 4.39 Å². The van der Waals surface area contributed by atoms with Crippen LogP contribution in [0.1, 0.15) is 19.0 Å². The number of benzene rings is 1. The Kier molecular flexibility index (Phi) is 4.33. The van der Waals surface area contributed by atoms with E-state index in [1.54, 1.807) is 29.2 Å². The fourth-order valence-corrected chi connectivity index (χ4v) is 1.97. The molecule has 0 aliphatic carbocycles. The molecular formula is C13H15ClFN3. The Bertz CT molecular complexity index is 504. The summed E-state index contributed by atoms with van der Waals surface area (Å²) >= 11 is 6.00. The summed E-state index contributed by atoms with van der Waals surface area (Å²) in [4.78, 5) is 4.22. The van der Waals surface area contributed by atoms with Crippen LogP contribution in [-0.2, 0) is 6.54 Å². The summed E-state index contributed by atoms with van der Waals surface area (Å²) in [5.74, 6) is -0.354. The molecule has 0 fully saturated rings. The van der Waals surface area contributed by atoms with Crippen LogP contribution >= 0.6 is 11.6 Å². The predicted molar refractivity (Wildman–Crippen MR) is 70.5 cm³/mol. The molecule has 1 aromatic heterocycles. The molecule has 0 aliphatic rings. The van der Waals surface area contributed by atoms with Gasteiger partial charge in [-0.15, -0.1) is 0 Å². The molecule has 0 saturated carbocycles. The van der Waals surface area contributed by atoms with Crippen molar-refractivity contribution in [2.45, 2.75) is 19.9 Å². The first-order valence-corrected chi connectivity index (χ1v) is 6.28. The fourth-order valence-electron chi connectivity index (χ4n) is 1.71. The van der Waals surface area contributed by atoms with Crippen LogP contribution in [0.2, 0.25) is 5.02 Å². The fraction of sp³-hybridized carbons (Fsp3) is 0.308. The number of nitrogens with zero attached hydrogens (tertiary/aromatic N) is 2. The van der Waals surface area contributed by atoms with Crippen LogP contribution in [0.5, 0.6) is 0 Å². The van der Waals surface area contributed by atoms with Gasteiger partial charge in [-0.25, -0.2) is 9.37 Å². The Balaban J connectivity index is 2.19. The van der Waals surface area contributed by atoms with Gasteiger partial charge in [0.05, 0.1) is 17.0 Å². The van der Waals surface area contributed by atoms with E-state index in [0.29, 0.717) is 17.3 Å². The van der Waals surface area contributed by atoms with E-state index in [0.717, 1.165) is 18.7 Å². The van der Waals surface area contributed by atoms with Crippen molar-refractivity contribution in [2.75, 3.05) is 6.54 Å². The lowest BCUT2D eigenvalue weighted by Gasteiger charge is -2.05. The van der Waals surface area contributed by atoms with Crippen molar-refractivity contribution in [1.29, 1.82) is 0 Å². The number of hydrogen-bond donors (Lipinski definition) is 1. The van der Waals surface area contributed by atoms with Crippen LogP contribution in [-0.4, -0.2) is 16.1 Å². The van der Waals surface area contributed by atoms with Crippen LogP contribution in [0.15, 0.2) is 30.7 Å². The molecule has 18 heavy (non-hydrogen) atoms. The molecule has 5 heteroatoms. The number of nitrogens with one attached hydrogen (secondary N) is 1. The highest BCUT2D eigenvalue weighted by Gasteiger charge is 2.09. The van der Waals surface area contributed by atoms with Crippen molar-refractivity contribution in [3.63, 3.8) is 0 Å². The zero-order chi connectivity index (χ0) is 13.0. The Morgan fingerprint density at radius 1 is 1.44 bits per heavy atom. The summed E-state index contributed by atoms with van der Waals surface area (Å²) < 4.78 is 15.3. The normalized spacial score (nSPS) is 10.8. The first-order valence-electron chi connectivity index (χ1n) is 5.90. The molecule has 1 N–H and O–H groups in total. The zero-order valence-corrected chi connectivity index (χ0v) is 10.9. The molecule has 2 aromatic rings.